The van der Waals surface area contributed by atoms with Crippen LogP contribution in [0.5, 0.6) is 11.5 Å². The van der Waals surface area contributed by atoms with Gasteiger partial charge >= 0.3 is 0 Å². The van der Waals surface area contributed by atoms with Crippen molar-refractivity contribution in [2.45, 2.75) is 25.7 Å². The smallest absolute Gasteiger partial charge is 0.188 e. The van der Waals surface area contributed by atoms with Gasteiger partial charge in [0.05, 0.1) is 0 Å². The number of benzene rings is 1. The van der Waals surface area contributed by atoms with Crippen molar-refractivity contribution in [3.63, 3.8) is 0 Å². The van der Waals surface area contributed by atoms with Gasteiger partial charge in [-0.3, -0.25) is 0 Å². The average molecular weight is 278 g/mol. The van der Waals surface area contributed by atoms with Crippen molar-refractivity contribution in [3.05, 3.63) is 29.8 Å². The second-order valence-corrected chi connectivity index (χ2v) is 4.73. The van der Waals surface area contributed by atoms with Crippen molar-refractivity contribution in [1.29, 1.82) is 0 Å². The Morgan fingerprint density at radius 2 is 1.80 bits per heavy atom. The van der Waals surface area contributed by atoms with Crippen molar-refractivity contribution in [2.24, 2.45) is 0 Å². The molecule has 2 rings (SSSR count). The lowest BCUT2D eigenvalue weighted by atomic mass is 9.93. The lowest BCUT2D eigenvalue weighted by molar-refractivity contribution is 0.0459. The minimum absolute atomic E-state index is 0.228. The Morgan fingerprint density at radius 3 is 2.50 bits per heavy atom. The molecule has 4 heteroatoms. The highest BCUT2D eigenvalue weighted by Gasteiger charge is 2.13. The Balaban J connectivity index is 2.22. The number of hydrogen-bond acceptors (Lipinski definition) is 4. The molecule has 0 unspecified atom stereocenters. The van der Waals surface area contributed by atoms with Crippen LogP contribution in [0.3, 0.4) is 0 Å². The van der Waals surface area contributed by atoms with Gasteiger partial charge in [-0.25, -0.2) is 0 Å². The van der Waals surface area contributed by atoms with Crippen LogP contribution in [-0.4, -0.2) is 27.8 Å². The van der Waals surface area contributed by atoms with Crippen molar-refractivity contribution in [2.75, 3.05) is 27.8 Å². The molecule has 0 saturated carbocycles. The summed E-state index contributed by atoms with van der Waals surface area (Å²) in [6.45, 7) is 0.458. The van der Waals surface area contributed by atoms with Crippen molar-refractivity contribution < 1.29 is 18.9 Å². The number of methoxy groups -OCH3 is 2. The molecule has 0 radical (unpaired) electrons. The second-order valence-electron chi connectivity index (χ2n) is 4.73. The molecule has 0 aliphatic heterocycles. The van der Waals surface area contributed by atoms with Crippen LogP contribution >= 0.6 is 0 Å². The molecular formula is C16H22O4. The first-order valence-corrected chi connectivity index (χ1v) is 6.92. The molecular weight excluding hydrogens is 256 g/mol. The number of rotatable bonds is 7. The fourth-order valence-corrected chi connectivity index (χ4v) is 2.31. The standard InChI is InChI=1S/C16H22O4/c1-17-11-19-14-8-9-15(13-6-4-3-5-7-13)16(10-14)20-12-18-2/h6,8-10H,3-5,7,11-12H2,1-2H3. The summed E-state index contributed by atoms with van der Waals surface area (Å²) in [5.41, 5.74) is 2.48. The van der Waals surface area contributed by atoms with Gasteiger partial charge < -0.3 is 18.9 Å². The molecule has 20 heavy (non-hydrogen) atoms. The molecule has 1 aromatic carbocycles. The topological polar surface area (TPSA) is 36.9 Å². The van der Waals surface area contributed by atoms with Crippen LogP contribution in [0.2, 0.25) is 0 Å². The van der Waals surface area contributed by atoms with Gasteiger partial charge in [-0.15, -0.1) is 0 Å². The summed E-state index contributed by atoms with van der Waals surface area (Å²) in [5.74, 6) is 1.53. The number of hydrogen-bond donors (Lipinski definition) is 0. The molecule has 4 nitrogen and oxygen atoms in total. The molecule has 0 bridgehead atoms. The zero-order valence-corrected chi connectivity index (χ0v) is 12.2. The van der Waals surface area contributed by atoms with Gasteiger partial charge in [0.1, 0.15) is 11.5 Å². The Hall–Kier alpha value is -1.52. The molecule has 110 valence electrons. The summed E-state index contributed by atoms with van der Waals surface area (Å²) in [4.78, 5) is 0. The molecule has 0 amide bonds. The predicted molar refractivity (Wildman–Crippen MR) is 77.9 cm³/mol. The average Bonchev–Trinajstić information content (AvgIpc) is 2.51. The third kappa shape index (κ3) is 3.99. The second kappa shape index (κ2) is 7.92. The lowest BCUT2D eigenvalue weighted by Gasteiger charge is -2.18. The Bertz CT molecular complexity index is 454. The highest BCUT2D eigenvalue weighted by Crippen LogP contribution is 2.35. The predicted octanol–water partition coefficient (Wildman–Crippen LogP) is 3.61. The van der Waals surface area contributed by atoms with Gasteiger partial charge in [0.25, 0.3) is 0 Å². The highest BCUT2D eigenvalue weighted by molar-refractivity contribution is 5.71. The summed E-state index contributed by atoms with van der Waals surface area (Å²) in [7, 11) is 3.22. The fraction of sp³-hybridized carbons (Fsp3) is 0.500. The summed E-state index contributed by atoms with van der Waals surface area (Å²) in [6.07, 6.45) is 7.04. The van der Waals surface area contributed by atoms with E-state index in [2.05, 4.69) is 6.08 Å². The third-order valence-corrected chi connectivity index (χ3v) is 3.27. The maximum absolute atomic E-state index is 5.68. The fourth-order valence-electron chi connectivity index (χ4n) is 2.31. The van der Waals surface area contributed by atoms with E-state index in [0.717, 1.165) is 29.9 Å². The minimum atomic E-state index is 0.228. The van der Waals surface area contributed by atoms with Gasteiger partial charge in [-0.1, -0.05) is 6.08 Å². The van der Waals surface area contributed by atoms with Crippen LogP contribution in [0.15, 0.2) is 24.3 Å². The molecule has 1 aromatic rings. The van der Waals surface area contributed by atoms with Crippen LogP contribution in [0.1, 0.15) is 31.2 Å². The molecule has 0 heterocycles. The molecule has 0 N–H and O–H groups in total. The largest absolute Gasteiger partial charge is 0.467 e. The summed E-state index contributed by atoms with van der Waals surface area (Å²) in [6, 6.07) is 5.89. The van der Waals surface area contributed by atoms with E-state index in [1.54, 1.807) is 14.2 Å². The van der Waals surface area contributed by atoms with Crippen LogP contribution in [-0.2, 0) is 9.47 Å². The highest BCUT2D eigenvalue weighted by atomic mass is 16.7. The van der Waals surface area contributed by atoms with E-state index in [9.17, 15) is 0 Å². The van der Waals surface area contributed by atoms with Crippen LogP contribution in [0, 0.1) is 0 Å². The molecule has 0 atom stereocenters. The SMILES string of the molecule is COCOc1ccc(C2=CCCCC2)c(OCOC)c1. The summed E-state index contributed by atoms with van der Waals surface area (Å²) >= 11 is 0. The van der Waals surface area contributed by atoms with Crippen molar-refractivity contribution in [1.82, 2.24) is 0 Å². The Kier molecular flexibility index (Phi) is 5.89. The van der Waals surface area contributed by atoms with Crippen LogP contribution in [0.4, 0.5) is 0 Å². The van der Waals surface area contributed by atoms with E-state index < -0.39 is 0 Å². The van der Waals surface area contributed by atoms with Crippen molar-refractivity contribution in [3.8, 4) is 11.5 Å². The van der Waals surface area contributed by atoms with Crippen molar-refractivity contribution >= 4 is 5.57 Å². The van der Waals surface area contributed by atoms with Gasteiger partial charge in [0.15, 0.2) is 13.6 Å². The maximum atomic E-state index is 5.68. The van der Waals surface area contributed by atoms with E-state index in [1.165, 1.54) is 18.4 Å². The normalized spacial score (nSPS) is 14.8. The first-order chi connectivity index (χ1) is 9.85. The van der Waals surface area contributed by atoms with Crippen LogP contribution < -0.4 is 9.47 Å². The van der Waals surface area contributed by atoms with Crippen LogP contribution in [0.25, 0.3) is 5.57 Å². The first kappa shape index (κ1) is 14.9. The lowest BCUT2D eigenvalue weighted by Crippen LogP contribution is -2.04. The van der Waals surface area contributed by atoms with E-state index in [1.807, 2.05) is 18.2 Å². The van der Waals surface area contributed by atoms with Gasteiger partial charge in [0.2, 0.25) is 0 Å². The minimum Gasteiger partial charge on any atom is -0.467 e. The molecule has 1 aliphatic carbocycles. The first-order valence-electron chi connectivity index (χ1n) is 6.92. The van der Waals surface area contributed by atoms with E-state index in [0.29, 0.717) is 0 Å². The Morgan fingerprint density at radius 1 is 1.00 bits per heavy atom. The van der Waals surface area contributed by atoms with Gasteiger partial charge in [0, 0.05) is 25.8 Å². The summed E-state index contributed by atoms with van der Waals surface area (Å²) < 4.78 is 21.0. The molecule has 0 spiro atoms. The zero-order valence-electron chi connectivity index (χ0n) is 12.2. The molecule has 1 aliphatic rings. The quantitative estimate of drug-likeness (QED) is 0.714. The zero-order chi connectivity index (χ0) is 14.2. The number of ether oxygens (including phenoxy) is 4. The third-order valence-electron chi connectivity index (χ3n) is 3.27. The van der Waals surface area contributed by atoms with E-state index in [4.69, 9.17) is 18.9 Å². The van der Waals surface area contributed by atoms with Gasteiger partial charge in [-0.2, -0.15) is 0 Å². The molecule has 0 saturated heterocycles. The van der Waals surface area contributed by atoms with E-state index >= 15 is 0 Å². The molecule has 0 aromatic heterocycles. The van der Waals surface area contributed by atoms with E-state index in [-0.39, 0.29) is 13.6 Å². The molecule has 0 fully saturated rings. The number of allylic oxidation sites excluding steroid dienone is 2. The summed E-state index contributed by atoms with van der Waals surface area (Å²) in [5, 5.41) is 0. The Labute approximate surface area is 120 Å². The maximum Gasteiger partial charge on any atom is 0.188 e. The monoisotopic (exact) mass is 278 g/mol. The van der Waals surface area contributed by atoms with Gasteiger partial charge in [-0.05, 0) is 43.4 Å².